The molecule has 82 valence electrons. The zero-order valence-electron chi connectivity index (χ0n) is 9.02. The molecular weight excluding hydrogens is 182 g/mol. The lowest BCUT2D eigenvalue weighted by atomic mass is 10.2. The number of carbonyl (C=O) groups excluding carboxylic acids is 1. The number of nitrogens with one attached hydrogen (secondary N) is 3. The molecule has 5 nitrogen and oxygen atoms in total. The van der Waals surface area contributed by atoms with E-state index in [2.05, 4.69) is 16.2 Å². The molecule has 1 aliphatic heterocycles. The first kappa shape index (κ1) is 11.3. The molecule has 0 radical (unpaired) electrons. The van der Waals surface area contributed by atoms with E-state index in [-0.39, 0.29) is 0 Å². The third-order valence-corrected chi connectivity index (χ3v) is 1.84. The van der Waals surface area contributed by atoms with Crippen molar-refractivity contribution in [3.63, 3.8) is 0 Å². The summed E-state index contributed by atoms with van der Waals surface area (Å²) in [5.74, 6) is 0. The highest BCUT2D eigenvalue weighted by molar-refractivity contribution is 5.67. The van der Waals surface area contributed by atoms with E-state index >= 15 is 0 Å². The Hall–Kier alpha value is -0.810. The molecule has 1 rings (SSSR count). The summed E-state index contributed by atoms with van der Waals surface area (Å²) in [7, 11) is 0. The van der Waals surface area contributed by atoms with Crippen molar-refractivity contribution in [3.05, 3.63) is 0 Å². The molecule has 0 aliphatic carbocycles. The van der Waals surface area contributed by atoms with Crippen LogP contribution in [-0.2, 0) is 4.74 Å². The van der Waals surface area contributed by atoms with Crippen molar-refractivity contribution in [2.45, 2.75) is 38.8 Å². The fourth-order valence-corrected chi connectivity index (χ4v) is 1.24. The van der Waals surface area contributed by atoms with Crippen LogP contribution in [0.25, 0.3) is 0 Å². The number of hydrazine groups is 1. The fraction of sp³-hybridized carbons (Fsp3) is 0.889. The molecule has 0 saturated carbocycles. The number of carbonyl (C=O) groups is 1. The van der Waals surface area contributed by atoms with Crippen LogP contribution >= 0.6 is 0 Å². The first-order valence-electron chi connectivity index (χ1n) is 4.92. The molecule has 1 atom stereocenters. The van der Waals surface area contributed by atoms with Gasteiger partial charge in [0.05, 0.1) is 0 Å². The molecule has 14 heavy (non-hydrogen) atoms. The molecule has 1 heterocycles. The number of hydrogen-bond acceptors (Lipinski definition) is 4. The maximum Gasteiger partial charge on any atom is 0.422 e. The zero-order valence-corrected chi connectivity index (χ0v) is 9.02. The van der Waals surface area contributed by atoms with Crippen LogP contribution in [0.5, 0.6) is 0 Å². The molecule has 0 bridgehead atoms. The third kappa shape index (κ3) is 4.43. The molecule has 0 aromatic rings. The lowest BCUT2D eigenvalue weighted by Gasteiger charge is -2.20. The largest absolute Gasteiger partial charge is 0.443 e. The topological polar surface area (TPSA) is 62.4 Å². The van der Waals surface area contributed by atoms with Gasteiger partial charge in [0.1, 0.15) is 5.60 Å². The summed E-state index contributed by atoms with van der Waals surface area (Å²) in [6.07, 6.45) is 0.597. The molecule has 0 aromatic heterocycles. The van der Waals surface area contributed by atoms with Crippen LogP contribution in [0, 0.1) is 0 Å². The van der Waals surface area contributed by atoms with Gasteiger partial charge in [0.25, 0.3) is 0 Å². The van der Waals surface area contributed by atoms with Gasteiger partial charge in [-0.05, 0) is 33.7 Å². The minimum absolute atomic E-state index is 0.308. The SMILES string of the molecule is CC(C)(C)OC(=O)NN[C@H]1CCNC1. The van der Waals surface area contributed by atoms with Crippen molar-refractivity contribution in [1.82, 2.24) is 16.2 Å². The van der Waals surface area contributed by atoms with Gasteiger partial charge in [-0.25, -0.2) is 10.2 Å². The van der Waals surface area contributed by atoms with E-state index in [0.29, 0.717) is 6.04 Å². The Bertz CT molecular complexity index is 195. The van der Waals surface area contributed by atoms with E-state index in [9.17, 15) is 4.79 Å². The molecule has 1 amide bonds. The molecule has 5 heteroatoms. The second-order valence-corrected chi connectivity index (χ2v) is 4.46. The molecule has 0 spiro atoms. The predicted molar refractivity (Wildman–Crippen MR) is 53.8 cm³/mol. The normalized spacial score (nSPS) is 22.1. The second kappa shape index (κ2) is 4.61. The number of amides is 1. The highest BCUT2D eigenvalue weighted by atomic mass is 16.6. The van der Waals surface area contributed by atoms with E-state index in [4.69, 9.17) is 4.74 Å². The summed E-state index contributed by atoms with van der Waals surface area (Å²) >= 11 is 0. The quantitative estimate of drug-likeness (QED) is 0.565. The first-order valence-corrected chi connectivity index (χ1v) is 4.92. The first-order chi connectivity index (χ1) is 6.47. The van der Waals surface area contributed by atoms with Crippen molar-refractivity contribution in [2.75, 3.05) is 13.1 Å². The number of ether oxygens (including phenoxy) is 1. The summed E-state index contributed by atoms with van der Waals surface area (Å²) in [6.45, 7) is 7.39. The highest BCUT2D eigenvalue weighted by Crippen LogP contribution is 2.06. The van der Waals surface area contributed by atoms with Gasteiger partial charge in [0, 0.05) is 12.6 Å². The molecule has 1 fully saturated rings. The van der Waals surface area contributed by atoms with Gasteiger partial charge in [0.2, 0.25) is 0 Å². The highest BCUT2D eigenvalue weighted by Gasteiger charge is 2.18. The van der Waals surface area contributed by atoms with Crippen LogP contribution in [0.1, 0.15) is 27.2 Å². The Labute approximate surface area is 84.5 Å². The average Bonchev–Trinajstić information content (AvgIpc) is 2.49. The molecule has 1 saturated heterocycles. The van der Waals surface area contributed by atoms with Crippen molar-refractivity contribution in [3.8, 4) is 0 Å². The Morgan fingerprint density at radius 1 is 1.50 bits per heavy atom. The van der Waals surface area contributed by atoms with Gasteiger partial charge in [-0.2, -0.15) is 0 Å². The Kier molecular flexibility index (Phi) is 3.71. The van der Waals surface area contributed by atoms with Crippen LogP contribution in [0.4, 0.5) is 4.79 Å². The van der Waals surface area contributed by atoms with Crippen molar-refractivity contribution in [2.24, 2.45) is 0 Å². The maximum atomic E-state index is 11.2. The van der Waals surface area contributed by atoms with Gasteiger partial charge < -0.3 is 10.1 Å². The summed E-state index contributed by atoms with van der Waals surface area (Å²) < 4.78 is 5.06. The van der Waals surface area contributed by atoms with Crippen LogP contribution in [-0.4, -0.2) is 30.8 Å². The van der Waals surface area contributed by atoms with Crippen LogP contribution in [0.15, 0.2) is 0 Å². The zero-order chi connectivity index (χ0) is 10.6. The third-order valence-electron chi connectivity index (χ3n) is 1.84. The van der Waals surface area contributed by atoms with E-state index in [0.717, 1.165) is 19.5 Å². The summed E-state index contributed by atoms with van der Waals surface area (Å²) in [5.41, 5.74) is 5.00. The van der Waals surface area contributed by atoms with Crippen molar-refractivity contribution < 1.29 is 9.53 Å². The fourth-order valence-electron chi connectivity index (χ4n) is 1.24. The van der Waals surface area contributed by atoms with Crippen LogP contribution < -0.4 is 16.2 Å². The summed E-state index contributed by atoms with van der Waals surface area (Å²) in [5, 5.41) is 3.19. The maximum absolute atomic E-state index is 11.2. The van der Waals surface area contributed by atoms with E-state index < -0.39 is 11.7 Å². The smallest absolute Gasteiger partial charge is 0.422 e. The lowest BCUT2D eigenvalue weighted by molar-refractivity contribution is 0.0489. The lowest BCUT2D eigenvalue weighted by Crippen LogP contribution is -2.47. The molecule has 0 aromatic carbocycles. The average molecular weight is 201 g/mol. The Morgan fingerprint density at radius 3 is 2.71 bits per heavy atom. The second-order valence-electron chi connectivity index (χ2n) is 4.46. The van der Waals surface area contributed by atoms with Crippen molar-refractivity contribution >= 4 is 6.09 Å². The monoisotopic (exact) mass is 201 g/mol. The Morgan fingerprint density at radius 2 is 2.21 bits per heavy atom. The molecular formula is C9H19N3O2. The standard InChI is InChI=1S/C9H19N3O2/c1-9(2,3)14-8(13)12-11-7-4-5-10-6-7/h7,10-11H,4-6H2,1-3H3,(H,12,13)/t7-/m0/s1. The number of rotatable bonds is 2. The Balaban J connectivity index is 2.14. The summed E-state index contributed by atoms with van der Waals surface area (Å²) in [4.78, 5) is 11.2. The van der Waals surface area contributed by atoms with Gasteiger partial charge >= 0.3 is 6.09 Å². The van der Waals surface area contributed by atoms with Gasteiger partial charge in [-0.15, -0.1) is 0 Å². The van der Waals surface area contributed by atoms with E-state index in [1.807, 2.05) is 20.8 Å². The van der Waals surface area contributed by atoms with E-state index in [1.54, 1.807) is 0 Å². The molecule has 3 N–H and O–H groups in total. The van der Waals surface area contributed by atoms with Gasteiger partial charge in [-0.1, -0.05) is 0 Å². The van der Waals surface area contributed by atoms with Crippen molar-refractivity contribution in [1.29, 1.82) is 0 Å². The molecule has 1 aliphatic rings. The van der Waals surface area contributed by atoms with Gasteiger partial charge in [0.15, 0.2) is 0 Å². The predicted octanol–water partition coefficient (Wildman–Crippen LogP) is 0.378. The van der Waals surface area contributed by atoms with E-state index in [1.165, 1.54) is 0 Å². The van der Waals surface area contributed by atoms with Crippen LogP contribution in [0.2, 0.25) is 0 Å². The summed E-state index contributed by atoms with van der Waals surface area (Å²) in [6, 6.07) is 0.308. The number of hydrogen-bond donors (Lipinski definition) is 3. The van der Waals surface area contributed by atoms with Crippen LogP contribution in [0.3, 0.4) is 0 Å². The molecule has 0 unspecified atom stereocenters. The van der Waals surface area contributed by atoms with Gasteiger partial charge in [-0.3, -0.25) is 5.43 Å². The minimum Gasteiger partial charge on any atom is -0.443 e. The minimum atomic E-state index is -0.445.